The molecule has 1 aliphatic rings. The fourth-order valence-electron chi connectivity index (χ4n) is 6.85. The Labute approximate surface area is 299 Å². The zero-order valence-corrected chi connectivity index (χ0v) is 30.3. The van der Waals surface area contributed by atoms with Gasteiger partial charge < -0.3 is 15.2 Å². The van der Waals surface area contributed by atoms with Crippen molar-refractivity contribution >= 4 is 41.8 Å². The van der Waals surface area contributed by atoms with Gasteiger partial charge in [0, 0.05) is 47.4 Å². The molecule has 6 rings (SSSR count). The molecular formula is C38H44N6O5P2. The van der Waals surface area contributed by atoms with Crippen LogP contribution in [0.2, 0.25) is 0 Å². The Morgan fingerprint density at radius 1 is 0.784 bits per heavy atom. The van der Waals surface area contributed by atoms with Crippen LogP contribution < -0.4 is 21.2 Å². The van der Waals surface area contributed by atoms with Crippen molar-refractivity contribution < 1.29 is 19.2 Å². The summed E-state index contributed by atoms with van der Waals surface area (Å²) in [6.45, 7) is 3.34. The molecule has 1 unspecified atom stereocenters. The van der Waals surface area contributed by atoms with Crippen LogP contribution in [0.4, 0.5) is 5.95 Å². The van der Waals surface area contributed by atoms with Crippen LogP contribution in [-0.4, -0.2) is 79.3 Å². The van der Waals surface area contributed by atoms with E-state index in [4.69, 9.17) is 0 Å². The van der Waals surface area contributed by atoms with E-state index in [0.29, 0.717) is 30.2 Å². The van der Waals surface area contributed by atoms with Gasteiger partial charge in [-0.2, -0.15) is 0 Å². The second-order valence-electron chi connectivity index (χ2n) is 12.7. The average molecular weight is 727 g/mol. The van der Waals surface area contributed by atoms with Gasteiger partial charge in [0.15, 0.2) is 0 Å². The summed E-state index contributed by atoms with van der Waals surface area (Å²) in [5.74, 6) is -0.352. The lowest BCUT2D eigenvalue weighted by Gasteiger charge is -2.40. The largest absolute Gasteiger partial charge is 0.434 e. The molecule has 1 aliphatic heterocycles. The van der Waals surface area contributed by atoms with Crippen LogP contribution in [0, 0.1) is 10.1 Å². The van der Waals surface area contributed by atoms with E-state index in [-0.39, 0.29) is 19.0 Å². The molecule has 1 fully saturated rings. The van der Waals surface area contributed by atoms with Gasteiger partial charge in [-0.15, -0.1) is 0 Å². The molecule has 51 heavy (non-hydrogen) atoms. The van der Waals surface area contributed by atoms with E-state index < -0.39 is 25.6 Å². The van der Waals surface area contributed by atoms with Crippen LogP contribution in [0.1, 0.15) is 19.3 Å². The maximum Gasteiger partial charge on any atom is 0.434 e. The molecule has 0 aliphatic carbocycles. The monoisotopic (exact) mass is 726 g/mol. The number of benzene rings is 4. The van der Waals surface area contributed by atoms with E-state index in [1.807, 2.05) is 126 Å². The molecule has 0 radical (unpaired) electrons. The van der Waals surface area contributed by atoms with Crippen molar-refractivity contribution in [3.8, 4) is 0 Å². The number of imidazole rings is 1. The first-order chi connectivity index (χ1) is 24.8. The SMILES string of the molecule is O=[N+]([O-])c1nccn1CC(O)CN(CCCCN1CCCN(P(=O)(c2ccccc2)c2ccccc2)C1)P(=O)(c1ccccc1)c1ccccc1. The number of hydrogen-bond donors (Lipinski definition) is 1. The van der Waals surface area contributed by atoms with Crippen molar-refractivity contribution in [3.05, 3.63) is 144 Å². The van der Waals surface area contributed by atoms with E-state index in [9.17, 15) is 19.8 Å². The molecule has 1 atom stereocenters. The predicted molar refractivity (Wildman–Crippen MR) is 203 cm³/mol. The molecule has 5 aromatic rings. The lowest BCUT2D eigenvalue weighted by Crippen LogP contribution is -2.46. The molecular weight excluding hydrogens is 682 g/mol. The maximum absolute atomic E-state index is 15.4. The molecule has 1 aromatic heterocycles. The van der Waals surface area contributed by atoms with Gasteiger partial charge in [-0.3, -0.25) is 14.0 Å². The third kappa shape index (κ3) is 8.31. The van der Waals surface area contributed by atoms with Gasteiger partial charge in [0.25, 0.3) is 0 Å². The summed E-state index contributed by atoms with van der Waals surface area (Å²) in [5.41, 5.74) is 0. The van der Waals surface area contributed by atoms with E-state index in [2.05, 4.69) is 14.6 Å². The fraction of sp³-hybridized carbons (Fsp3) is 0.289. The van der Waals surface area contributed by atoms with Crippen LogP contribution in [0.3, 0.4) is 0 Å². The highest BCUT2D eigenvalue weighted by Crippen LogP contribution is 2.49. The predicted octanol–water partition coefficient (Wildman–Crippen LogP) is 5.06. The second kappa shape index (κ2) is 16.9. The van der Waals surface area contributed by atoms with Crippen LogP contribution in [-0.2, 0) is 15.7 Å². The molecule has 0 amide bonds. The number of unbranched alkanes of at least 4 members (excludes halogenated alkanes) is 1. The Bertz CT molecular complexity index is 1860. The van der Waals surface area contributed by atoms with Crippen molar-refractivity contribution in [1.29, 1.82) is 0 Å². The van der Waals surface area contributed by atoms with Gasteiger partial charge >= 0.3 is 5.95 Å². The normalized spacial score (nSPS) is 15.2. The van der Waals surface area contributed by atoms with Crippen LogP contribution in [0.5, 0.6) is 0 Å². The van der Waals surface area contributed by atoms with Gasteiger partial charge in [0.2, 0.25) is 14.6 Å². The lowest BCUT2D eigenvalue weighted by molar-refractivity contribution is -0.397. The molecule has 1 N–H and O–H groups in total. The van der Waals surface area contributed by atoms with E-state index in [1.54, 1.807) is 0 Å². The highest BCUT2D eigenvalue weighted by atomic mass is 31.2. The Kier molecular flexibility index (Phi) is 12.1. The summed E-state index contributed by atoms with van der Waals surface area (Å²) in [6, 6.07) is 38.1. The maximum atomic E-state index is 15.4. The van der Waals surface area contributed by atoms with Crippen molar-refractivity contribution in [2.75, 3.05) is 39.4 Å². The number of nitro groups is 1. The summed E-state index contributed by atoms with van der Waals surface area (Å²) >= 11 is 0. The molecule has 0 bridgehead atoms. The highest BCUT2D eigenvalue weighted by Gasteiger charge is 2.38. The number of aliphatic hydroxyl groups excluding tert-OH is 1. The second-order valence-corrected chi connectivity index (χ2v) is 18.2. The van der Waals surface area contributed by atoms with E-state index in [1.165, 1.54) is 17.0 Å². The van der Waals surface area contributed by atoms with E-state index >= 15 is 4.57 Å². The van der Waals surface area contributed by atoms with Crippen molar-refractivity contribution in [1.82, 2.24) is 23.8 Å². The van der Waals surface area contributed by atoms with Crippen LogP contribution in [0.15, 0.2) is 134 Å². The summed E-state index contributed by atoms with van der Waals surface area (Å²) in [5, 5.41) is 25.8. The number of hydrogen-bond acceptors (Lipinski definition) is 7. The molecule has 0 saturated carbocycles. The van der Waals surface area contributed by atoms with Crippen LogP contribution in [0.25, 0.3) is 0 Å². The summed E-state index contributed by atoms with van der Waals surface area (Å²) in [7, 11) is -6.49. The summed E-state index contributed by atoms with van der Waals surface area (Å²) < 4.78 is 35.7. The minimum Gasteiger partial charge on any atom is -0.390 e. The quantitative estimate of drug-likeness (QED) is 0.0644. The van der Waals surface area contributed by atoms with Gasteiger partial charge in [-0.25, -0.2) is 13.9 Å². The Hall–Kier alpha value is -4.21. The fourth-order valence-corrected chi connectivity index (χ4v) is 12.7. The number of nitrogens with zero attached hydrogens (tertiary/aromatic N) is 6. The first-order valence-corrected chi connectivity index (χ1v) is 20.6. The molecule has 0 spiro atoms. The third-order valence-corrected chi connectivity index (χ3v) is 15.6. The number of aromatic nitrogens is 2. The van der Waals surface area contributed by atoms with Crippen molar-refractivity contribution in [3.63, 3.8) is 0 Å². The summed E-state index contributed by atoms with van der Waals surface area (Å²) in [4.78, 5) is 17.1. The van der Waals surface area contributed by atoms with Crippen LogP contribution >= 0.6 is 14.6 Å². The molecule has 266 valence electrons. The Balaban J connectivity index is 1.19. The first kappa shape index (κ1) is 36.6. The minimum absolute atomic E-state index is 0.0330. The van der Waals surface area contributed by atoms with Crippen molar-refractivity contribution in [2.45, 2.75) is 31.9 Å². The molecule has 1 saturated heterocycles. The molecule has 4 aromatic carbocycles. The Morgan fingerprint density at radius 3 is 1.84 bits per heavy atom. The van der Waals surface area contributed by atoms with Gasteiger partial charge in [0.05, 0.1) is 19.3 Å². The Morgan fingerprint density at radius 2 is 1.31 bits per heavy atom. The number of aliphatic hydroxyl groups is 1. The summed E-state index contributed by atoms with van der Waals surface area (Å²) in [6.07, 6.45) is 4.11. The van der Waals surface area contributed by atoms with Gasteiger partial charge in [0.1, 0.15) is 12.4 Å². The topological polar surface area (TPSA) is 125 Å². The smallest absolute Gasteiger partial charge is 0.390 e. The zero-order valence-electron chi connectivity index (χ0n) is 28.5. The molecule has 2 heterocycles. The first-order valence-electron chi connectivity index (χ1n) is 17.3. The lowest BCUT2D eigenvalue weighted by atomic mass is 10.2. The van der Waals surface area contributed by atoms with Gasteiger partial charge in [-0.1, -0.05) is 77.8 Å². The third-order valence-electron chi connectivity index (χ3n) is 9.30. The zero-order chi connectivity index (χ0) is 35.7. The average Bonchev–Trinajstić information content (AvgIpc) is 3.65. The molecule has 11 nitrogen and oxygen atoms in total. The standard InChI is InChI=1S/C38H44N6O5P2/c45-33(30-41-29-24-39-38(41)44(46)47)31-42(50(48,34-16-5-1-6-17-34)35-18-7-2-8-19-35)27-14-13-25-40-26-15-28-43(32-40)51(49,36-20-9-3-10-21-36)37-22-11-4-12-23-37/h1-12,16-24,29,33,45H,13-15,25-28,30-32H2. The molecule has 13 heteroatoms. The van der Waals surface area contributed by atoms with E-state index in [0.717, 1.165) is 43.1 Å². The number of rotatable bonds is 16. The van der Waals surface area contributed by atoms with Gasteiger partial charge in [-0.05, 0) is 79.3 Å². The minimum atomic E-state index is -3.43. The highest BCUT2D eigenvalue weighted by molar-refractivity contribution is 7.77. The van der Waals surface area contributed by atoms with Crippen molar-refractivity contribution in [2.24, 2.45) is 0 Å².